The number of halogens is 2. The van der Waals surface area contributed by atoms with Crippen molar-refractivity contribution >= 4 is 23.3 Å². The van der Waals surface area contributed by atoms with Crippen LogP contribution >= 0.6 is 11.6 Å². The van der Waals surface area contributed by atoms with E-state index in [1.807, 2.05) is 6.07 Å². The first-order valence-electron chi connectivity index (χ1n) is 7.44. The van der Waals surface area contributed by atoms with Gasteiger partial charge in [-0.15, -0.1) is 0 Å². The zero-order valence-electron chi connectivity index (χ0n) is 12.5. The molecule has 1 atom stereocenters. The third-order valence-electron chi connectivity index (χ3n) is 4.11. The number of rotatable bonds is 3. The molecule has 0 aliphatic carbocycles. The number of aromatic nitrogens is 2. The van der Waals surface area contributed by atoms with Crippen molar-refractivity contribution in [2.45, 2.75) is 18.9 Å². The van der Waals surface area contributed by atoms with E-state index in [0.29, 0.717) is 22.9 Å². The van der Waals surface area contributed by atoms with Crippen molar-refractivity contribution in [1.82, 2.24) is 9.78 Å². The number of furan rings is 1. The Balaban J connectivity index is 1.75. The summed E-state index contributed by atoms with van der Waals surface area (Å²) >= 11 is 6.19. The van der Waals surface area contributed by atoms with Gasteiger partial charge in [0.25, 0.3) is 0 Å². The lowest BCUT2D eigenvalue weighted by Gasteiger charge is -2.24. The first kappa shape index (κ1) is 15.0. The van der Waals surface area contributed by atoms with E-state index in [0.717, 1.165) is 11.3 Å². The van der Waals surface area contributed by atoms with Gasteiger partial charge in [-0.2, -0.15) is 5.10 Å². The number of hydrogen-bond donors (Lipinski definition) is 1. The van der Waals surface area contributed by atoms with Crippen LogP contribution in [0.2, 0.25) is 5.02 Å². The van der Waals surface area contributed by atoms with Gasteiger partial charge in [0.15, 0.2) is 0 Å². The summed E-state index contributed by atoms with van der Waals surface area (Å²) in [6.07, 6.45) is 3.54. The number of benzene rings is 1. The number of carbonyl (C=O) groups excluding carboxylic acids is 1. The van der Waals surface area contributed by atoms with Crippen molar-refractivity contribution in [1.29, 1.82) is 0 Å². The molecule has 2 aromatic heterocycles. The van der Waals surface area contributed by atoms with Crippen LogP contribution < -0.4 is 5.32 Å². The molecule has 5 nitrogen and oxygen atoms in total. The number of amides is 1. The van der Waals surface area contributed by atoms with Gasteiger partial charge in [-0.25, -0.2) is 9.07 Å². The SMILES string of the molecule is O=C1C[C@H](c2ccc(F)cc2Cl)c2cnn(Cc3ccco3)c2N1. The van der Waals surface area contributed by atoms with Crippen molar-refractivity contribution in [2.75, 3.05) is 5.32 Å². The van der Waals surface area contributed by atoms with Crippen LogP contribution in [-0.4, -0.2) is 15.7 Å². The minimum atomic E-state index is -0.405. The number of carbonyl (C=O) groups is 1. The zero-order valence-corrected chi connectivity index (χ0v) is 13.3. The van der Waals surface area contributed by atoms with Crippen LogP contribution in [0.4, 0.5) is 10.2 Å². The molecule has 3 heterocycles. The van der Waals surface area contributed by atoms with Gasteiger partial charge in [0, 0.05) is 22.9 Å². The third kappa shape index (κ3) is 2.59. The van der Waals surface area contributed by atoms with Gasteiger partial charge in [-0.1, -0.05) is 17.7 Å². The van der Waals surface area contributed by atoms with Crippen molar-refractivity contribution < 1.29 is 13.6 Å². The molecule has 0 saturated carbocycles. The van der Waals surface area contributed by atoms with Crippen LogP contribution in [0.15, 0.2) is 47.2 Å². The summed E-state index contributed by atoms with van der Waals surface area (Å²) in [6.45, 7) is 0.409. The lowest BCUT2D eigenvalue weighted by atomic mass is 9.87. The number of anilines is 1. The highest BCUT2D eigenvalue weighted by Gasteiger charge is 2.31. The normalized spacial score (nSPS) is 16.8. The van der Waals surface area contributed by atoms with Gasteiger partial charge in [0.1, 0.15) is 23.9 Å². The van der Waals surface area contributed by atoms with Gasteiger partial charge >= 0.3 is 0 Å². The van der Waals surface area contributed by atoms with Crippen molar-refractivity contribution in [3.63, 3.8) is 0 Å². The first-order valence-corrected chi connectivity index (χ1v) is 7.82. The summed E-state index contributed by atoms with van der Waals surface area (Å²) < 4.78 is 20.3. The molecule has 122 valence electrons. The van der Waals surface area contributed by atoms with E-state index in [9.17, 15) is 9.18 Å². The predicted octanol–water partition coefficient (Wildman–Crippen LogP) is 3.79. The molecular formula is C17H13ClFN3O2. The summed E-state index contributed by atoms with van der Waals surface area (Å²) in [6, 6.07) is 7.86. The highest BCUT2D eigenvalue weighted by molar-refractivity contribution is 6.31. The fourth-order valence-corrected chi connectivity index (χ4v) is 3.30. The fraction of sp³-hybridized carbons (Fsp3) is 0.176. The van der Waals surface area contributed by atoms with Crippen LogP contribution in [0.3, 0.4) is 0 Å². The van der Waals surface area contributed by atoms with Crippen LogP contribution in [0.1, 0.15) is 29.2 Å². The summed E-state index contributed by atoms with van der Waals surface area (Å²) in [7, 11) is 0. The molecular weight excluding hydrogens is 333 g/mol. The molecule has 3 aromatic rings. The molecule has 0 spiro atoms. The molecule has 1 aliphatic rings. The minimum absolute atomic E-state index is 0.130. The molecule has 0 fully saturated rings. The molecule has 0 bridgehead atoms. The van der Waals surface area contributed by atoms with Crippen LogP contribution in [0, 0.1) is 5.82 Å². The monoisotopic (exact) mass is 345 g/mol. The van der Waals surface area contributed by atoms with E-state index in [1.54, 1.807) is 29.3 Å². The molecule has 0 unspecified atom stereocenters. The molecule has 7 heteroatoms. The highest BCUT2D eigenvalue weighted by atomic mass is 35.5. The molecule has 1 amide bonds. The molecule has 0 saturated heterocycles. The molecule has 1 aliphatic heterocycles. The van der Waals surface area contributed by atoms with E-state index < -0.39 is 5.82 Å². The summed E-state index contributed by atoms with van der Waals surface area (Å²) in [5.74, 6) is 0.559. The van der Waals surface area contributed by atoms with Gasteiger partial charge < -0.3 is 9.73 Å². The number of hydrogen-bond acceptors (Lipinski definition) is 3. The molecule has 0 radical (unpaired) electrons. The largest absolute Gasteiger partial charge is 0.467 e. The van der Waals surface area contributed by atoms with E-state index >= 15 is 0 Å². The maximum absolute atomic E-state index is 13.3. The summed E-state index contributed by atoms with van der Waals surface area (Å²) in [4.78, 5) is 12.1. The van der Waals surface area contributed by atoms with Crippen LogP contribution in [-0.2, 0) is 11.3 Å². The second kappa shape index (κ2) is 5.79. The summed E-state index contributed by atoms with van der Waals surface area (Å²) in [5, 5.41) is 7.51. The molecule has 1 N–H and O–H groups in total. The fourth-order valence-electron chi connectivity index (χ4n) is 3.00. The van der Waals surface area contributed by atoms with Gasteiger partial charge in [-0.3, -0.25) is 4.79 Å². The standard InChI is InChI=1S/C17H13ClFN3O2/c18-15-6-10(19)3-4-12(15)13-7-16(23)21-17-14(13)8-20-22(17)9-11-2-1-5-24-11/h1-6,8,13H,7,9H2,(H,21,23)/t13-/m1/s1. The average Bonchev–Trinajstić information content (AvgIpc) is 3.18. The molecule has 4 rings (SSSR count). The topological polar surface area (TPSA) is 60.1 Å². The highest BCUT2D eigenvalue weighted by Crippen LogP contribution is 2.40. The Morgan fingerprint density at radius 3 is 3.00 bits per heavy atom. The Kier molecular flexibility index (Phi) is 3.61. The van der Waals surface area contributed by atoms with Gasteiger partial charge in [0.2, 0.25) is 5.91 Å². The Labute approximate surface area is 142 Å². The quantitative estimate of drug-likeness (QED) is 0.785. The van der Waals surface area contributed by atoms with E-state index in [4.69, 9.17) is 16.0 Å². The van der Waals surface area contributed by atoms with Crippen molar-refractivity contribution in [3.05, 3.63) is 70.5 Å². The van der Waals surface area contributed by atoms with Crippen LogP contribution in [0.5, 0.6) is 0 Å². The van der Waals surface area contributed by atoms with Crippen LogP contribution in [0.25, 0.3) is 0 Å². The Bertz CT molecular complexity index is 905. The predicted molar refractivity (Wildman–Crippen MR) is 86.5 cm³/mol. The lowest BCUT2D eigenvalue weighted by Crippen LogP contribution is -2.25. The average molecular weight is 346 g/mol. The number of nitrogens with one attached hydrogen (secondary N) is 1. The van der Waals surface area contributed by atoms with E-state index in [1.165, 1.54) is 12.1 Å². The number of fused-ring (bicyclic) bond motifs is 1. The van der Waals surface area contributed by atoms with E-state index in [-0.39, 0.29) is 18.2 Å². The second-order valence-electron chi connectivity index (χ2n) is 5.66. The summed E-state index contributed by atoms with van der Waals surface area (Å²) in [5.41, 5.74) is 1.57. The maximum atomic E-state index is 13.3. The Morgan fingerprint density at radius 1 is 1.38 bits per heavy atom. The first-order chi connectivity index (χ1) is 11.6. The maximum Gasteiger partial charge on any atom is 0.226 e. The second-order valence-corrected chi connectivity index (χ2v) is 6.06. The van der Waals surface area contributed by atoms with Crippen molar-refractivity contribution in [3.8, 4) is 0 Å². The lowest BCUT2D eigenvalue weighted by molar-refractivity contribution is -0.116. The van der Waals surface area contributed by atoms with Crippen molar-refractivity contribution in [2.24, 2.45) is 0 Å². The smallest absolute Gasteiger partial charge is 0.226 e. The molecule has 1 aromatic carbocycles. The Hall–Kier alpha value is -2.60. The van der Waals surface area contributed by atoms with E-state index in [2.05, 4.69) is 10.4 Å². The number of nitrogens with zero attached hydrogens (tertiary/aromatic N) is 2. The zero-order chi connectivity index (χ0) is 16.7. The van der Waals surface area contributed by atoms with Gasteiger partial charge in [0.05, 0.1) is 12.5 Å². The Morgan fingerprint density at radius 2 is 2.25 bits per heavy atom. The third-order valence-corrected chi connectivity index (χ3v) is 4.44. The molecule has 24 heavy (non-hydrogen) atoms. The minimum Gasteiger partial charge on any atom is -0.467 e. The van der Waals surface area contributed by atoms with Gasteiger partial charge in [-0.05, 0) is 29.8 Å².